The predicted octanol–water partition coefficient (Wildman–Crippen LogP) is 3.76. The second kappa shape index (κ2) is 8.16. The van der Waals surface area contributed by atoms with Crippen LogP contribution in [0, 0.1) is 0 Å². The Bertz CT molecular complexity index is 1120. The maximum Gasteiger partial charge on any atom is 0.248 e. The molecule has 4 heterocycles. The summed E-state index contributed by atoms with van der Waals surface area (Å²) in [5, 5.41) is 16.5. The van der Waals surface area contributed by atoms with Crippen LogP contribution in [0.3, 0.4) is 0 Å². The summed E-state index contributed by atoms with van der Waals surface area (Å²) in [6.45, 7) is 0.766. The number of carbonyl (C=O) groups excluding carboxylic acids is 1. The number of nitrogens with zero attached hydrogens (tertiary/aromatic N) is 5. The summed E-state index contributed by atoms with van der Waals surface area (Å²) in [7, 11) is 0. The summed E-state index contributed by atoms with van der Waals surface area (Å²) >= 11 is 1.43. The van der Waals surface area contributed by atoms with Crippen LogP contribution in [0.1, 0.15) is 61.4 Å². The Morgan fingerprint density at radius 2 is 2.09 bits per heavy atom. The molecule has 1 amide bonds. The Kier molecular flexibility index (Phi) is 5.01. The standard InChI is InChI=1S/C22H26N8OS/c31-20(27-22-23-9-11-32-22)17-6-1-2-10-30(17)21-24-15-5-3-4-14(15)19(26-21)25-18-12-16(28-29-18)13-7-8-13/h9,11-13,17H,1-8,10H2,(H,23,27,31)(H2,24,25,26,28,29)/t17-/m1/s1. The fraction of sp³-hybridized carbons (Fsp3) is 0.500. The lowest BCUT2D eigenvalue weighted by molar-refractivity contribution is -0.117. The van der Waals surface area contributed by atoms with Gasteiger partial charge in [0.15, 0.2) is 10.9 Å². The molecule has 10 heteroatoms. The first-order chi connectivity index (χ1) is 15.7. The van der Waals surface area contributed by atoms with Gasteiger partial charge in [-0.05, 0) is 51.4 Å². The fourth-order valence-electron chi connectivity index (χ4n) is 4.69. The molecule has 3 N–H and O–H groups in total. The van der Waals surface area contributed by atoms with Crippen LogP contribution in [-0.2, 0) is 17.6 Å². The maximum absolute atomic E-state index is 13.1. The monoisotopic (exact) mass is 450 g/mol. The van der Waals surface area contributed by atoms with Gasteiger partial charge in [-0.3, -0.25) is 9.89 Å². The smallest absolute Gasteiger partial charge is 0.248 e. The van der Waals surface area contributed by atoms with E-state index in [1.54, 1.807) is 6.20 Å². The number of thiazole rings is 1. The van der Waals surface area contributed by atoms with Crippen LogP contribution in [0.15, 0.2) is 17.6 Å². The number of amides is 1. The number of anilines is 4. The average molecular weight is 451 g/mol. The molecule has 0 spiro atoms. The number of hydrogen-bond donors (Lipinski definition) is 3. The zero-order valence-electron chi connectivity index (χ0n) is 17.8. The van der Waals surface area contributed by atoms with E-state index in [1.807, 2.05) is 5.38 Å². The van der Waals surface area contributed by atoms with Crippen LogP contribution in [0.2, 0.25) is 0 Å². The van der Waals surface area contributed by atoms with Gasteiger partial charge >= 0.3 is 0 Å². The van der Waals surface area contributed by atoms with Crippen molar-refractivity contribution in [3.8, 4) is 0 Å². The number of aromatic amines is 1. The number of nitrogens with one attached hydrogen (secondary N) is 3. The highest BCUT2D eigenvalue weighted by Gasteiger charge is 2.33. The van der Waals surface area contributed by atoms with Crippen molar-refractivity contribution in [3.05, 3.63) is 34.6 Å². The number of H-pyrrole nitrogens is 1. The molecule has 1 saturated heterocycles. The lowest BCUT2D eigenvalue weighted by atomic mass is 10.0. The number of carbonyl (C=O) groups is 1. The largest absolute Gasteiger partial charge is 0.329 e. The Hall–Kier alpha value is -3.01. The highest BCUT2D eigenvalue weighted by molar-refractivity contribution is 7.13. The van der Waals surface area contributed by atoms with Crippen molar-refractivity contribution in [2.75, 3.05) is 22.1 Å². The number of rotatable bonds is 6. The summed E-state index contributed by atoms with van der Waals surface area (Å²) in [4.78, 5) is 29.1. The van der Waals surface area contributed by atoms with E-state index in [4.69, 9.17) is 9.97 Å². The molecule has 6 rings (SSSR count). The molecule has 32 heavy (non-hydrogen) atoms. The molecule has 2 aliphatic carbocycles. The first-order valence-corrected chi connectivity index (χ1v) is 12.3. The highest BCUT2D eigenvalue weighted by atomic mass is 32.1. The van der Waals surface area contributed by atoms with Crippen molar-refractivity contribution in [3.63, 3.8) is 0 Å². The van der Waals surface area contributed by atoms with Crippen LogP contribution >= 0.6 is 11.3 Å². The molecule has 1 saturated carbocycles. The zero-order valence-corrected chi connectivity index (χ0v) is 18.6. The lowest BCUT2D eigenvalue weighted by Gasteiger charge is -2.34. The molecule has 0 bridgehead atoms. The number of aromatic nitrogens is 5. The Balaban J connectivity index is 1.29. The molecular weight excluding hydrogens is 424 g/mol. The topological polar surface area (TPSA) is 112 Å². The van der Waals surface area contributed by atoms with E-state index in [-0.39, 0.29) is 11.9 Å². The minimum Gasteiger partial charge on any atom is -0.329 e. The summed E-state index contributed by atoms with van der Waals surface area (Å²) in [5.74, 6) is 2.82. The van der Waals surface area contributed by atoms with Crippen LogP contribution in [0.25, 0.3) is 0 Å². The molecule has 9 nitrogen and oxygen atoms in total. The highest BCUT2D eigenvalue weighted by Crippen LogP contribution is 2.40. The van der Waals surface area contributed by atoms with E-state index < -0.39 is 0 Å². The van der Waals surface area contributed by atoms with Crippen LogP contribution < -0.4 is 15.5 Å². The van der Waals surface area contributed by atoms with Gasteiger partial charge in [0.2, 0.25) is 11.9 Å². The van der Waals surface area contributed by atoms with Gasteiger partial charge in [-0.2, -0.15) is 10.1 Å². The third-order valence-electron chi connectivity index (χ3n) is 6.51. The molecule has 166 valence electrons. The van der Waals surface area contributed by atoms with Gasteiger partial charge in [-0.1, -0.05) is 0 Å². The van der Waals surface area contributed by atoms with Crippen molar-refractivity contribution in [2.24, 2.45) is 0 Å². The molecule has 0 unspecified atom stereocenters. The molecule has 3 aromatic rings. The molecule has 1 atom stereocenters. The minimum atomic E-state index is -0.299. The van der Waals surface area contributed by atoms with Gasteiger partial charge in [-0.25, -0.2) is 9.97 Å². The summed E-state index contributed by atoms with van der Waals surface area (Å²) in [5.41, 5.74) is 3.44. The van der Waals surface area contributed by atoms with Crippen molar-refractivity contribution >= 4 is 40.0 Å². The maximum atomic E-state index is 13.1. The zero-order chi connectivity index (χ0) is 21.5. The number of aryl methyl sites for hydroxylation is 1. The Labute approximate surface area is 190 Å². The molecule has 1 aliphatic heterocycles. The van der Waals surface area contributed by atoms with Crippen LogP contribution in [-0.4, -0.2) is 43.6 Å². The molecule has 3 aliphatic rings. The van der Waals surface area contributed by atoms with Gasteiger partial charge in [-0.15, -0.1) is 11.3 Å². The van der Waals surface area contributed by atoms with E-state index >= 15 is 0 Å². The van der Waals surface area contributed by atoms with Crippen molar-refractivity contribution in [1.29, 1.82) is 0 Å². The first-order valence-electron chi connectivity index (χ1n) is 11.4. The SMILES string of the molecule is O=C(Nc1nccs1)[C@H]1CCCCN1c1nc2c(c(Nc3cc(C4CC4)[nH]n3)n1)CCC2. The average Bonchev–Trinajstić information content (AvgIpc) is 3.19. The van der Waals surface area contributed by atoms with Crippen molar-refractivity contribution in [2.45, 2.75) is 63.3 Å². The lowest BCUT2D eigenvalue weighted by Crippen LogP contribution is -2.48. The summed E-state index contributed by atoms with van der Waals surface area (Å²) in [6, 6.07) is 1.79. The van der Waals surface area contributed by atoms with E-state index in [0.29, 0.717) is 17.0 Å². The van der Waals surface area contributed by atoms with Gasteiger partial charge < -0.3 is 15.5 Å². The van der Waals surface area contributed by atoms with Crippen LogP contribution in [0.5, 0.6) is 0 Å². The quantitative estimate of drug-likeness (QED) is 0.524. The third kappa shape index (κ3) is 3.83. The van der Waals surface area contributed by atoms with Gasteiger partial charge in [0.05, 0.1) is 5.69 Å². The number of piperidine rings is 1. The van der Waals surface area contributed by atoms with Gasteiger partial charge in [0.25, 0.3) is 0 Å². The molecular formula is C22H26N8OS. The predicted molar refractivity (Wildman–Crippen MR) is 124 cm³/mol. The third-order valence-corrected chi connectivity index (χ3v) is 7.20. The molecule has 0 aromatic carbocycles. The van der Waals surface area contributed by atoms with Crippen molar-refractivity contribution in [1.82, 2.24) is 25.1 Å². The molecule has 3 aromatic heterocycles. The van der Waals surface area contributed by atoms with E-state index in [2.05, 4.69) is 36.8 Å². The summed E-state index contributed by atoms with van der Waals surface area (Å²) in [6.07, 6.45) is 9.96. The Morgan fingerprint density at radius 3 is 2.94 bits per heavy atom. The normalized spacial score (nSPS) is 20.2. The molecule has 0 radical (unpaired) electrons. The summed E-state index contributed by atoms with van der Waals surface area (Å²) < 4.78 is 0. The second-order valence-corrected chi connectivity index (χ2v) is 9.68. The van der Waals surface area contributed by atoms with E-state index in [1.165, 1.54) is 35.4 Å². The number of fused-ring (bicyclic) bond motifs is 1. The number of hydrogen-bond acceptors (Lipinski definition) is 8. The second-order valence-electron chi connectivity index (χ2n) is 8.79. The molecule has 2 fully saturated rings. The van der Waals surface area contributed by atoms with E-state index in [0.717, 1.165) is 62.4 Å². The van der Waals surface area contributed by atoms with Crippen LogP contribution in [0.4, 0.5) is 22.7 Å². The van der Waals surface area contributed by atoms with Gasteiger partial charge in [0.1, 0.15) is 11.9 Å². The van der Waals surface area contributed by atoms with Crippen molar-refractivity contribution < 1.29 is 4.79 Å². The minimum absolute atomic E-state index is 0.0420. The first kappa shape index (κ1) is 19.7. The van der Waals surface area contributed by atoms with Gasteiger partial charge in [0, 0.05) is 41.4 Å². The fourth-order valence-corrected chi connectivity index (χ4v) is 5.23. The van der Waals surface area contributed by atoms with E-state index in [9.17, 15) is 4.79 Å². The Morgan fingerprint density at radius 1 is 1.16 bits per heavy atom.